The molecule has 0 aromatic heterocycles. The van der Waals surface area contributed by atoms with Gasteiger partial charge >= 0.3 is 5.97 Å². The van der Waals surface area contributed by atoms with Crippen molar-refractivity contribution in [3.63, 3.8) is 0 Å². The summed E-state index contributed by atoms with van der Waals surface area (Å²) in [6.07, 6.45) is 1.90. The number of carbonyl (C=O) groups is 1. The van der Waals surface area contributed by atoms with E-state index in [2.05, 4.69) is 5.32 Å². The second-order valence-electron chi connectivity index (χ2n) is 3.19. The van der Waals surface area contributed by atoms with Crippen molar-refractivity contribution in [2.75, 3.05) is 6.54 Å². The van der Waals surface area contributed by atoms with Crippen LogP contribution in [0.4, 0.5) is 0 Å². The van der Waals surface area contributed by atoms with Crippen LogP contribution in [0, 0.1) is 11.8 Å². The average Bonchev–Trinajstić information content (AvgIpc) is 2.63. The van der Waals surface area contributed by atoms with Crippen LogP contribution in [0.2, 0.25) is 0 Å². The third-order valence-electron chi connectivity index (χ3n) is 2.54. The molecule has 3 atom stereocenters. The molecule has 1 saturated heterocycles. The van der Waals surface area contributed by atoms with Crippen molar-refractivity contribution in [1.29, 1.82) is 0 Å². The van der Waals surface area contributed by atoms with Crippen molar-refractivity contribution < 1.29 is 9.90 Å². The highest BCUT2D eigenvalue weighted by atomic mass is 16.4. The van der Waals surface area contributed by atoms with Gasteiger partial charge in [0.25, 0.3) is 0 Å². The zero-order valence-corrected chi connectivity index (χ0v) is 5.71. The lowest BCUT2D eigenvalue weighted by Gasteiger charge is -2.17. The van der Waals surface area contributed by atoms with Crippen LogP contribution < -0.4 is 5.32 Å². The Balaban J connectivity index is 2.02. The van der Waals surface area contributed by atoms with Gasteiger partial charge in [0.05, 0.1) is 5.92 Å². The summed E-state index contributed by atoms with van der Waals surface area (Å²) in [5, 5.41) is 12.0. The van der Waals surface area contributed by atoms with Crippen molar-refractivity contribution in [3.8, 4) is 0 Å². The van der Waals surface area contributed by atoms with E-state index in [0.717, 1.165) is 19.4 Å². The molecule has 1 aliphatic carbocycles. The predicted octanol–water partition coefficient (Wildman–Crippen LogP) is 0.0690. The predicted molar refractivity (Wildman–Crippen MR) is 35.6 cm³/mol. The van der Waals surface area contributed by atoms with Gasteiger partial charge in [-0.3, -0.25) is 4.79 Å². The number of carboxylic acid groups (broad SMARTS) is 1. The van der Waals surface area contributed by atoms with E-state index in [1.54, 1.807) is 0 Å². The molecule has 1 saturated carbocycles. The second kappa shape index (κ2) is 1.95. The lowest BCUT2D eigenvalue weighted by atomic mass is 9.97. The van der Waals surface area contributed by atoms with Gasteiger partial charge in [0.2, 0.25) is 0 Å². The average molecular weight is 141 g/mol. The van der Waals surface area contributed by atoms with Gasteiger partial charge < -0.3 is 10.4 Å². The third kappa shape index (κ3) is 0.814. The molecule has 2 N–H and O–H groups in total. The van der Waals surface area contributed by atoms with E-state index >= 15 is 0 Å². The Labute approximate surface area is 59.4 Å². The van der Waals surface area contributed by atoms with E-state index in [-0.39, 0.29) is 5.92 Å². The lowest BCUT2D eigenvalue weighted by Crippen LogP contribution is -2.33. The first-order chi connectivity index (χ1) is 4.79. The molecule has 3 nitrogen and oxygen atoms in total. The monoisotopic (exact) mass is 141 g/mol. The molecule has 0 radical (unpaired) electrons. The number of hydrogen-bond donors (Lipinski definition) is 2. The normalized spacial score (nSPS) is 44.2. The maximum Gasteiger partial charge on any atom is 0.306 e. The van der Waals surface area contributed by atoms with Crippen LogP contribution in [0.15, 0.2) is 0 Å². The molecule has 0 aromatic rings. The topological polar surface area (TPSA) is 49.3 Å². The quantitative estimate of drug-likeness (QED) is 0.543. The highest BCUT2D eigenvalue weighted by Gasteiger charge is 2.48. The molecule has 56 valence electrons. The van der Waals surface area contributed by atoms with E-state index in [1.807, 2.05) is 0 Å². The lowest BCUT2D eigenvalue weighted by molar-refractivity contribution is -0.143. The van der Waals surface area contributed by atoms with Crippen molar-refractivity contribution in [2.24, 2.45) is 11.8 Å². The number of aliphatic carboxylic acids is 1. The van der Waals surface area contributed by atoms with Crippen LogP contribution >= 0.6 is 0 Å². The van der Waals surface area contributed by atoms with Crippen LogP contribution in [0.1, 0.15) is 12.8 Å². The second-order valence-corrected chi connectivity index (χ2v) is 3.19. The first-order valence-corrected chi connectivity index (χ1v) is 3.75. The first-order valence-electron chi connectivity index (χ1n) is 3.75. The molecule has 0 spiro atoms. The van der Waals surface area contributed by atoms with Gasteiger partial charge in [0.1, 0.15) is 0 Å². The van der Waals surface area contributed by atoms with Crippen LogP contribution in [0.25, 0.3) is 0 Å². The van der Waals surface area contributed by atoms with E-state index in [1.165, 1.54) is 0 Å². The fourth-order valence-electron chi connectivity index (χ4n) is 1.84. The van der Waals surface area contributed by atoms with Crippen LogP contribution in [-0.4, -0.2) is 23.7 Å². The Morgan fingerprint density at radius 2 is 2.40 bits per heavy atom. The van der Waals surface area contributed by atoms with E-state index in [9.17, 15) is 4.79 Å². The third-order valence-corrected chi connectivity index (χ3v) is 2.54. The fourth-order valence-corrected chi connectivity index (χ4v) is 1.84. The largest absolute Gasteiger partial charge is 0.481 e. The summed E-state index contributed by atoms with van der Waals surface area (Å²) in [6, 6.07) is 0.537. The number of fused-ring (bicyclic) bond motifs is 1. The highest BCUT2D eigenvalue weighted by Crippen LogP contribution is 2.41. The number of carboxylic acids is 1. The Morgan fingerprint density at radius 1 is 1.60 bits per heavy atom. The molecule has 0 bridgehead atoms. The molecular weight excluding hydrogens is 130 g/mol. The van der Waals surface area contributed by atoms with Gasteiger partial charge in [-0.25, -0.2) is 0 Å². The van der Waals surface area contributed by atoms with Crippen LogP contribution in [0.3, 0.4) is 0 Å². The molecular formula is C7H11NO2. The molecule has 2 aliphatic rings. The smallest absolute Gasteiger partial charge is 0.306 e. The van der Waals surface area contributed by atoms with Crippen LogP contribution in [-0.2, 0) is 4.79 Å². The summed E-state index contributed by atoms with van der Waals surface area (Å²) in [5.41, 5.74) is 0. The van der Waals surface area contributed by atoms with Gasteiger partial charge in [-0.15, -0.1) is 0 Å². The summed E-state index contributed by atoms with van der Waals surface area (Å²) in [6.45, 7) is 0.887. The SMILES string of the molecule is O=C(O)[C@@H]1CCN[C@@H]2C[C@@H]21. The van der Waals surface area contributed by atoms with Crippen LogP contribution in [0.5, 0.6) is 0 Å². The minimum absolute atomic E-state index is 0.0498. The molecule has 0 aromatic carbocycles. The molecule has 1 heterocycles. The van der Waals surface area contributed by atoms with Crippen molar-refractivity contribution in [1.82, 2.24) is 5.32 Å². The molecule has 2 fully saturated rings. The zero-order chi connectivity index (χ0) is 7.14. The highest BCUT2D eigenvalue weighted by molar-refractivity contribution is 5.71. The molecule has 0 amide bonds. The maximum atomic E-state index is 10.6. The van der Waals surface area contributed by atoms with Crippen molar-refractivity contribution in [3.05, 3.63) is 0 Å². The van der Waals surface area contributed by atoms with Gasteiger partial charge in [-0.05, 0) is 25.3 Å². The van der Waals surface area contributed by atoms with Gasteiger partial charge in [0.15, 0.2) is 0 Å². The van der Waals surface area contributed by atoms with Gasteiger partial charge in [-0.2, -0.15) is 0 Å². The molecule has 0 unspecified atom stereocenters. The number of rotatable bonds is 1. The molecule has 1 aliphatic heterocycles. The van der Waals surface area contributed by atoms with E-state index in [0.29, 0.717) is 12.0 Å². The van der Waals surface area contributed by atoms with Crippen molar-refractivity contribution in [2.45, 2.75) is 18.9 Å². The summed E-state index contributed by atoms with van der Waals surface area (Å²) >= 11 is 0. The Hall–Kier alpha value is -0.570. The van der Waals surface area contributed by atoms with E-state index < -0.39 is 5.97 Å². The van der Waals surface area contributed by atoms with Crippen molar-refractivity contribution >= 4 is 5.97 Å². The van der Waals surface area contributed by atoms with Gasteiger partial charge in [-0.1, -0.05) is 0 Å². The Kier molecular flexibility index (Phi) is 1.20. The Morgan fingerprint density at radius 3 is 3.00 bits per heavy atom. The summed E-state index contributed by atoms with van der Waals surface area (Å²) < 4.78 is 0. The fraction of sp³-hybridized carbons (Fsp3) is 0.857. The zero-order valence-electron chi connectivity index (χ0n) is 5.71. The summed E-state index contributed by atoms with van der Waals surface area (Å²) in [7, 11) is 0. The molecule has 2 rings (SSSR count). The number of hydrogen-bond acceptors (Lipinski definition) is 2. The summed E-state index contributed by atoms with van der Waals surface area (Å²) in [4.78, 5) is 10.6. The maximum absolute atomic E-state index is 10.6. The first kappa shape index (κ1) is 6.16. The minimum atomic E-state index is -0.603. The Bertz CT molecular complexity index is 169. The minimum Gasteiger partial charge on any atom is -0.481 e. The number of piperidine rings is 1. The number of nitrogens with one attached hydrogen (secondary N) is 1. The van der Waals surface area contributed by atoms with E-state index in [4.69, 9.17) is 5.11 Å². The summed E-state index contributed by atoms with van der Waals surface area (Å²) in [5.74, 6) is -0.202. The molecule has 10 heavy (non-hydrogen) atoms. The standard InChI is InChI=1S/C7H11NO2/c9-7(10)4-1-2-8-6-3-5(4)6/h4-6,8H,1-3H2,(H,9,10)/t4-,5-,6-/m1/s1. The molecule has 3 heteroatoms. The van der Waals surface area contributed by atoms with Gasteiger partial charge in [0, 0.05) is 6.04 Å².